The van der Waals surface area contributed by atoms with Crippen molar-refractivity contribution in [3.8, 4) is 0 Å². The van der Waals surface area contributed by atoms with Gasteiger partial charge in [-0.05, 0) is 31.4 Å². The number of benzene rings is 1. The Balaban J connectivity index is 1.96. The highest BCUT2D eigenvalue weighted by Gasteiger charge is 2.36. The van der Waals surface area contributed by atoms with Crippen molar-refractivity contribution in [2.24, 2.45) is 5.73 Å². The predicted octanol–water partition coefficient (Wildman–Crippen LogP) is 2.56. The van der Waals surface area contributed by atoms with E-state index in [2.05, 4.69) is 11.0 Å². The Bertz CT molecular complexity index is 438. The maximum absolute atomic E-state index is 6.25. The highest BCUT2D eigenvalue weighted by atomic mass is 35.5. The van der Waals surface area contributed by atoms with E-state index in [0.717, 1.165) is 23.7 Å². The average Bonchev–Trinajstić information content (AvgIpc) is 2.86. The van der Waals surface area contributed by atoms with Gasteiger partial charge in [0.05, 0.1) is 18.8 Å². The normalized spacial score (nSPS) is 27.3. The van der Waals surface area contributed by atoms with Crippen molar-refractivity contribution in [3.05, 3.63) is 28.8 Å². The smallest absolute Gasteiger partial charge is 0.0779 e. The molecule has 0 amide bonds. The van der Waals surface area contributed by atoms with E-state index in [1.807, 2.05) is 12.1 Å². The molecule has 0 radical (unpaired) electrons. The first-order chi connectivity index (χ1) is 8.81. The van der Waals surface area contributed by atoms with Gasteiger partial charge in [-0.25, -0.2) is 0 Å². The van der Waals surface area contributed by atoms with Crippen molar-refractivity contribution in [1.82, 2.24) is 0 Å². The number of hydrogen-bond donors (Lipinski definition) is 1. The van der Waals surface area contributed by atoms with E-state index in [1.54, 1.807) is 0 Å². The molecule has 3 rings (SSSR count). The first kappa shape index (κ1) is 12.3. The van der Waals surface area contributed by atoms with Gasteiger partial charge in [-0.2, -0.15) is 0 Å². The quantitative estimate of drug-likeness (QED) is 0.894. The van der Waals surface area contributed by atoms with Crippen molar-refractivity contribution < 1.29 is 4.74 Å². The SMILES string of the molecule is NCc1c(Cl)cccc1N1CCOC2CCCC21. The number of morpholine rings is 1. The lowest BCUT2D eigenvalue weighted by Gasteiger charge is -2.40. The molecule has 2 unspecified atom stereocenters. The highest BCUT2D eigenvalue weighted by Crippen LogP contribution is 2.36. The Morgan fingerprint density at radius 1 is 1.39 bits per heavy atom. The molecule has 1 aliphatic carbocycles. The number of rotatable bonds is 2. The van der Waals surface area contributed by atoms with Crippen LogP contribution in [0.15, 0.2) is 18.2 Å². The minimum Gasteiger partial charge on any atom is -0.374 e. The lowest BCUT2D eigenvalue weighted by Crippen LogP contribution is -2.49. The zero-order chi connectivity index (χ0) is 12.5. The third-order valence-corrected chi connectivity index (χ3v) is 4.44. The summed E-state index contributed by atoms with van der Waals surface area (Å²) in [4.78, 5) is 2.45. The monoisotopic (exact) mass is 266 g/mol. The minimum absolute atomic E-state index is 0.392. The molecule has 1 aliphatic heterocycles. The number of ether oxygens (including phenoxy) is 1. The van der Waals surface area contributed by atoms with Gasteiger partial charge in [0.2, 0.25) is 0 Å². The van der Waals surface area contributed by atoms with Crippen LogP contribution in [0, 0.1) is 0 Å². The van der Waals surface area contributed by atoms with Gasteiger partial charge in [0.15, 0.2) is 0 Å². The molecule has 2 fully saturated rings. The number of nitrogens with zero attached hydrogens (tertiary/aromatic N) is 1. The fraction of sp³-hybridized carbons (Fsp3) is 0.571. The number of hydrogen-bond acceptors (Lipinski definition) is 3. The summed E-state index contributed by atoms with van der Waals surface area (Å²) in [6.07, 6.45) is 4.04. The van der Waals surface area contributed by atoms with Crippen molar-refractivity contribution in [2.45, 2.75) is 38.0 Å². The van der Waals surface area contributed by atoms with Crippen LogP contribution in [-0.4, -0.2) is 25.3 Å². The molecule has 2 N–H and O–H groups in total. The summed E-state index contributed by atoms with van der Waals surface area (Å²) in [7, 11) is 0. The molecule has 98 valence electrons. The maximum Gasteiger partial charge on any atom is 0.0779 e. The highest BCUT2D eigenvalue weighted by molar-refractivity contribution is 6.31. The Morgan fingerprint density at radius 3 is 3.11 bits per heavy atom. The molecule has 1 heterocycles. The van der Waals surface area contributed by atoms with Crippen LogP contribution >= 0.6 is 11.6 Å². The minimum atomic E-state index is 0.392. The number of nitrogens with two attached hydrogens (primary N) is 1. The third kappa shape index (κ3) is 2.00. The molecule has 4 heteroatoms. The van der Waals surface area contributed by atoms with Crippen LogP contribution in [-0.2, 0) is 11.3 Å². The van der Waals surface area contributed by atoms with Gasteiger partial charge >= 0.3 is 0 Å². The van der Waals surface area contributed by atoms with Crippen LogP contribution < -0.4 is 10.6 Å². The van der Waals surface area contributed by atoms with Gasteiger partial charge in [0.25, 0.3) is 0 Å². The second-order valence-electron chi connectivity index (χ2n) is 5.04. The van der Waals surface area contributed by atoms with E-state index < -0.39 is 0 Å². The second-order valence-corrected chi connectivity index (χ2v) is 5.45. The van der Waals surface area contributed by atoms with E-state index in [4.69, 9.17) is 22.1 Å². The van der Waals surface area contributed by atoms with Gasteiger partial charge in [0, 0.05) is 29.4 Å². The van der Waals surface area contributed by atoms with Crippen LogP contribution in [0.2, 0.25) is 5.02 Å². The molecule has 1 aromatic rings. The summed E-state index contributed by atoms with van der Waals surface area (Å²) in [6.45, 7) is 2.23. The summed E-state index contributed by atoms with van der Waals surface area (Å²) < 4.78 is 5.85. The summed E-state index contributed by atoms with van der Waals surface area (Å²) in [5.41, 5.74) is 8.11. The molecule has 18 heavy (non-hydrogen) atoms. The van der Waals surface area contributed by atoms with Crippen LogP contribution in [0.25, 0.3) is 0 Å². The molecule has 0 spiro atoms. The summed E-state index contributed by atoms with van der Waals surface area (Å²) in [5, 5.41) is 0.774. The molecule has 3 nitrogen and oxygen atoms in total. The topological polar surface area (TPSA) is 38.5 Å². The van der Waals surface area contributed by atoms with Crippen molar-refractivity contribution in [1.29, 1.82) is 0 Å². The molecule has 0 aromatic heterocycles. The molecular weight excluding hydrogens is 248 g/mol. The van der Waals surface area contributed by atoms with Gasteiger partial charge in [-0.15, -0.1) is 0 Å². The fourth-order valence-corrected chi connectivity index (χ4v) is 3.49. The van der Waals surface area contributed by atoms with Crippen LogP contribution in [0.4, 0.5) is 5.69 Å². The van der Waals surface area contributed by atoms with Crippen molar-refractivity contribution in [2.75, 3.05) is 18.1 Å². The largest absolute Gasteiger partial charge is 0.374 e. The Hall–Kier alpha value is -0.770. The Morgan fingerprint density at radius 2 is 2.28 bits per heavy atom. The third-order valence-electron chi connectivity index (χ3n) is 4.09. The van der Waals surface area contributed by atoms with Crippen LogP contribution in [0.5, 0.6) is 0 Å². The van der Waals surface area contributed by atoms with Crippen molar-refractivity contribution in [3.63, 3.8) is 0 Å². The Labute approximate surface area is 113 Å². The lowest BCUT2D eigenvalue weighted by molar-refractivity contribution is 0.0256. The van der Waals surface area contributed by atoms with E-state index in [9.17, 15) is 0 Å². The standard InChI is InChI=1S/C14H19ClN2O/c15-11-3-1-4-12(10(11)9-16)17-7-8-18-14-6-2-5-13(14)17/h1,3-4,13-14H,2,5-9,16H2. The van der Waals surface area contributed by atoms with Gasteiger partial charge in [-0.1, -0.05) is 17.7 Å². The van der Waals surface area contributed by atoms with Gasteiger partial charge in [-0.3, -0.25) is 0 Å². The molecule has 2 aliphatic rings. The Kier molecular flexibility index (Phi) is 3.46. The zero-order valence-electron chi connectivity index (χ0n) is 10.4. The van der Waals surface area contributed by atoms with Gasteiger partial charge < -0.3 is 15.4 Å². The molecule has 1 saturated heterocycles. The van der Waals surface area contributed by atoms with E-state index >= 15 is 0 Å². The predicted molar refractivity (Wildman–Crippen MR) is 74.1 cm³/mol. The molecule has 0 bridgehead atoms. The van der Waals surface area contributed by atoms with E-state index in [-0.39, 0.29) is 0 Å². The first-order valence-corrected chi connectivity index (χ1v) is 7.05. The fourth-order valence-electron chi connectivity index (χ4n) is 3.24. The summed E-state index contributed by atoms with van der Waals surface area (Å²) in [6, 6.07) is 6.56. The molecule has 1 aromatic carbocycles. The van der Waals surface area contributed by atoms with Crippen LogP contribution in [0.1, 0.15) is 24.8 Å². The van der Waals surface area contributed by atoms with Crippen molar-refractivity contribution >= 4 is 17.3 Å². The first-order valence-electron chi connectivity index (χ1n) is 6.67. The molecule has 2 atom stereocenters. The molecule has 1 saturated carbocycles. The number of halogens is 1. The van der Waals surface area contributed by atoms with E-state index in [1.165, 1.54) is 24.9 Å². The lowest BCUT2D eigenvalue weighted by atomic mass is 10.1. The average molecular weight is 267 g/mol. The number of anilines is 1. The number of fused-ring (bicyclic) bond motifs is 1. The zero-order valence-corrected chi connectivity index (χ0v) is 11.2. The van der Waals surface area contributed by atoms with Crippen LogP contribution in [0.3, 0.4) is 0 Å². The van der Waals surface area contributed by atoms with E-state index in [0.29, 0.717) is 18.7 Å². The maximum atomic E-state index is 6.25. The summed E-state index contributed by atoms with van der Waals surface area (Å²) in [5.74, 6) is 0. The molecular formula is C14H19ClN2O. The van der Waals surface area contributed by atoms with Gasteiger partial charge in [0.1, 0.15) is 0 Å². The summed E-state index contributed by atoms with van der Waals surface area (Å²) >= 11 is 6.25. The second kappa shape index (κ2) is 5.08.